The summed E-state index contributed by atoms with van der Waals surface area (Å²) < 4.78 is 8.69. The number of aryl methyl sites for hydroxylation is 1. The summed E-state index contributed by atoms with van der Waals surface area (Å²) in [5.74, 6) is 1.38. The van der Waals surface area contributed by atoms with Crippen LogP contribution in [0.15, 0.2) is 65.6 Å². The van der Waals surface area contributed by atoms with Gasteiger partial charge in [-0.1, -0.05) is 11.2 Å². The van der Waals surface area contributed by atoms with E-state index in [1.54, 1.807) is 40.4 Å². The molecule has 1 aromatic carbocycles. The summed E-state index contributed by atoms with van der Waals surface area (Å²) in [5.41, 5.74) is 2.71. The number of hydrogen-bond acceptors (Lipinski definition) is 7. The zero-order valence-corrected chi connectivity index (χ0v) is 15.9. The summed E-state index contributed by atoms with van der Waals surface area (Å²) in [7, 11) is 0. The van der Waals surface area contributed by atoms with Gasteiger partial charge in [0, 0.05) is 29.7 Å². The van der Waals surface area contributed by atoms with Gasteiger partial charge in [-0.3, -0.25) is 9.20 Å². The van der Waals surface area contributed by atoms with Crippen LogP contribution in [0.25, 0.3) is 22.8 Å². The monoisotopic (exact) mass is 400 g/mol. The van der Waals surface area contributed by atoms with Crippen LogP contribution in [0, 0.1) is 6.92 Å². The Morgan fingerprint density at radius 1 is 1.13 bits per heavy atom. The summed E-state index contributed by atoms with van der Waals surface area (Å²) >= 11 is 0. The highest BCUT2D eigenvalue weighted by molar-refractivity contribution is 5.94. The minimum atomic E-state index is -0.210. The first-order valence-electron chi connectivity index (χ1n) is 9.20. The lowest BCUT2D eigenvalue weighted by Gasteiger charge is -2.07. The molecular formula is C20H16N8O2. The van der Waals surface area contributed by atoms with Gasteiger partial charge in [-0.05, 0) is 43.3 Å². The van der Waals surface area contributed by atoms with Crippen molar-refractivity contribution in [3.8, 4) is 17.1 Å². The van der Waals surface area contributed by atoms with E-state index in [0.29, 0.717) is 28.8 Å². The van der Waals surface area contributed by atoms with Gasteiger partial charge in [-0.15, -0.1) is 10.2 Å². The number of amides is 1. The van der Waals surface area contributed by atoms with Crippen LogP contribution in [-0.4, -0.2) is 40.4 Å². The lowest BCUT2D eigenvalue weighted by atomic mass is 10.2. The Balaban J connectivity index is 1.33. The fraction of sp³-hybridized carbons (Fsp3) is 0.100. The number of rotatable bonds is 5. The molecule has 0 radical (unpaired) electrons. The fourth-order valence-corrected chi connectivity index (χ4v) is 3.08. The minimum absolute atomic E-state index is 0.210. The summed E-state index contributed by atoms with van der Waals surface area (Å²) in [4.78, 5) is 16.8. The first-order chi connectivity index (χ1) is 14.7. The van der Waals surface area contributed by atoms with Crippen molar-refractivity contribution in [2.24, 2.45) is 0 Å². The highest BCUT2D eigenvalue weighted by atomic mass is 16.5. The highest BCUT2D eigenvalue weighted by Gasteiger charge is 2.13. The van der Waals surface area contributed by atoms with Gasteiger partial charge in [0.2, 0.25) is 0 Å². The molecule has 148 valence electrons. The number of carbonyl (C=O) groups is 1. The molecule has 4 aromatic heterocycles. The van der Waals surface area contributed by atoms with Gasteiger partial charge in [0.25, 0.3) is 11.8 Å². The van der Waals surface area contributed by atoms with Crippen LogP contribution < -0.4 is 5.32 Å². The summed E-state index contributed by atoms with van der Waals surface area (Å²) in [6.07, 6.45) is 5.32. The molecule has 1 amide bonds. The van der Waals surface area contributed by atoms with Crippen LogP contribution in [0.5, 0.6) is 0 Å². The Labute approximate surface area is 170 Å². The molecule has 0 bridgehead atoms. The molecule has 5 rings (SSSR count). The molecule has 10 heteroatoms. The molecule has 0 saturated heterocycles. The summed E-state index contributed by atoms with van der Waals surface area (Å²) in [5, 5.41) is 19.2. The molecule has 1 N–H and O–H groups in total. The van der Waals surface area contributed by atoms with Crippen LogP contribution in [0.1, 0.15) is 22.0 Å². The second kappa shape index (κ2) is 7.24. The quantitative estimate of drug-likeness (QED) is 0.481. The maximum Gasteiger partial charge on any atom is 0.258 e. The van der Waals surface area contributed by atoms with Crippen LogP contribution in [0.2, 0.25) is 0 Å². The number of nitrogens with zero attached hydrogens (tertiary/aromatic N) is 7. The topological polar surface area (TPSA) is 116 Å². The molecule has 4 heterocycles. The summed E-state index contributed by atoms with van der Waals surface area (Å²) in [6.45, 7) is 1.99. The second-order valence-electron chi connectivity index (χ2n) is 6.59. The Morgan fingerprint density at radius 2 is 2.07 bits per heavy atom. The number of pyridine rings is 1. The average Bonchev–Trinajstić information content (AvgIpc) is 3.53. The predicted octanol–water partition coefficient (Wildman–Crippen LogP) is 2.20. The van der Waals surface area contributed by atoms with Gasteiger partial charge in [-0.25, -0.2) is 4.68 Å². The number of aromatic nitrogens is 7. The Morgan fingerprint density at radius 3 is 2.87 bits per heavy atom. The molecule has 5 aromatic rings. The number of benzene rings is 1. The second-order valence-corrected chi connectivity index (χ2v) is 6.59. The first-order valence-corrected chi connectivity index (χ1v) is 9.20. The van der Waals surface area contributed by atoms with Gasteiger partial charge in [-0.2, -0.15) is 10.1 Å². The summed E-state index contributed by atoms with van der Waals surface area (Å²) in [6, 6.07) is 12.7. The van der Waals surface area contributed by atoms with Gasteiger partial charge in [0.15, 0.2) is 17.3 Å². The van der Waals surface area contributed by atoms with Crippen molar-refractivity contribution in [1.82, 2.24) is 39.8 Å². The van der Waals surface area contributed by atoms with E-state index in [0.717, 1.165) is 11.3 Å². The highest BCUT2D eigenvalue weighted by Crippen LogP contribution is 2.19. The largest absolute Gasteiger partial charge is 0.345 e. The van der Waals surface area contributed by atoms with Crippen molar-refractivity contribution >= 4 is 11.6 Å². The molecule has 0 aliphatic rings. The van der Waals surface area contributed by atoms with Gasteiger partial charge < -0.3 is 9.84 Å². The third kappa shape index (κ3) is 3.30. The lowest BCUT2D eigenvalue weighted by Crippen LogP contribution is -2.24. The van der Waals surface area contributed by atoms with Crippen molar-refractivity contribution in [3.63, 3.8) is 0 Å². The molecule has 0 aliphatic heterocycles. The van der Waals surface area contributed by atoms with E-state index < -0.39 is 0 Å². The van der Waals surface area contributed by atoms with E-state index in [1.165, 1.54) is 0 Å². The number of hydrogen-bond donors (Lipinski definition) is 1. The molecule has 0 fully saturated rings. The smallest absolute Gasteiger partial charge is 0.258 e. The van der Waals surface area contributed by atoms with Crippen LogP contribution in [0.4, 0.5) is 0 Å². The molecule has 0 unspecified atom stereocenters. The van der Waals surface area contributed by atoms with Gasteiger partial charge >= 0.3 is 0 Å². The van der Waals surface area contributed by atoms with E-state index in [4.69, 9.17) is 4.52 Å². The zero-order valence-electron chi connectivity index (χ0n) is 15.9. The number of fused-ring (bicyclic) bond motifs is 1. The Hall–Kier alpha value is -4.34. The third-order valence-corrected chi connectivity index (χ3v) is 4.54. The zero-order chi connectivity index (χ0) is 20.5. The molecule has 0 aliphatic carbocycles. The molecular weight excluding hydrogens is 384 g/mol. The normalized spacial score (nSPS) is 11.1. The molecule has 0 spiro atoms. The lowest BCUT2D eigenvalue weighted by molar-refractivity contribution is 0.0949. The minimum Gasteiger partial charge on any atom is -0.345 e. The van der Waals surface area contributed by atoms with E-state index in [2.05, 4.69) is 30.8 Å². The molecule has 30 heavy (non-hydrogen) atoms. The standard InChI is InChI=1S/C20H16N8O2/c1-13-23-20(30-26-13)15-6-9-27-17(11-15)24-25-18(27)12-21-19(29)14-4-2-5-16(10-14)28-8-3-7-22-28/h2-11H,12H2,1H3,(H,21,29). The van der Waals surface area contributed by atoms with E-state index in [1.807, 2.05) is 36.7 Å². The maximum atomic E-state index is 12.6. The van der Waals surface area contributed by atoms with Crippen molar-refractivity contribution < 1.29 is 9.32 Å². The predicted molar refractivity (Wildman–Crippen MR) is 106 cm³/mol. The van der Waals surface area contributed by atoms with Crippen LogP contribution in [-0.2, 0) is 6.54 Å². The fourth-order valence-electron chi connectivity index (χ4n) is 3.08. The number of nitrogens with one attached hydrogen (secondary N) is 1. The van der Waals surface area contributed by atoms with Crippen LogP contribution >= 0.6 is 0 Å². The third-order valence-electron chi connectivity index (χ3n) is 4.54. The van der Waals surface area contributed by atoms with Crippen molar-refractivity contribution in [1.29, 1.82) is 0 Å². The first kappa shape index (κ1) is 17.7. The molecule has 10 nitrogen and oxygen atoms in total. The van der Waals surface area contributed by atoms with Crippen LogP contribution in [0.3, 0.4) is 0 Å². The molecule has 0 atom stereocenters. The molecule has 0 saturated carbocycles. The van der Waals surface area contributed by atoms with Gasteiger partial charge in [0.1, 0.15) is 0 Å². The van der Waals surface area contributed by atoms with Crippen molar-refractivity contribution in [2.75, 3.05) is 0 Å². The van der Waals surface area contributed by atoms with E-state index in [9.17, 15) is 4.79 Å². The van der Waals surface area contributed by atoms with Crippen molar-refractivity contribution in [2.45, 2.75) is 13.5 Å². The SMILES string of the molecule is Cc1noc(-c2ccn3c(CNC(=O)c4cccc(-n5cccn5)c4)nnc3c2)n1. The van der Waals surface area contributed by atoms with E-state index >= 15 is 0 Å². The number of carbonyl (C=O) groups excluding carboxylic acids is 1. The average molecular weight is 400 g/mol. The Bertz CT molecular complexity index is 1340. The Kier molecular flexibility index (Phi) is 4.28. The maximum absolute atomic E-state index is 12.6. The van der Waals surface area contributed by atoms with E-state index in [-0.39, 0.29) is 12.5 Å². The van der Waals surface area contributed by atoms with Gasteiger partial charge in [0.05, 0.1) is 12.2 Å². The van der Waals surface area contributed by atoms with Crippen molar-refractivity contribution in [3.05, 3.63) is 78.3 Å².